The van der Waals surface area contributed by atoms with Crippen LogP contribution in [0.3, 0.4) is 0 Å². The number of nitrogens with one attached hydrogen (secondary N) is 1. The number of para-hydroxylation sites is 1. The zero-order valence-corrected chi connectivity index (χ0v) is 23.6. The smallest absolute Gasteiger partial charge is 0.504 e. The van der Waals surface area contributed by atoms with Gasteiger partial charge in [0.25, 0.3) is 0 Å². The molecule has 2 heterocycles. The van der Waals surface area contributed by atoms with Crippen LogP contribution in [0.5, 0.6) is 11.5 Å². The predicted octanol–water partition coefficient (Wildman–Crippen LogP) is 3.60. The van der Waals surface area contributed by atoms with E-state index >= 15 is 0 Å². The Hall–Kier alpha value is -3.96. The molecule has 0 atom stereocenters. The van der Waals surface area contributed by atoms with Crippen molar-refractivity contribution in [3.05, 3.63) is 66.0 Å². The molecule has 0 aliphatic heterocycles. The number of phosphoric acid groups is 1. The number of pyridine rings is 1. The van der Waals surface area contributed by atoms with Gasteiger partial charge in [0.1, 0.15) is 11.3 Å². The third-order valence-corrected chi connectivity index (χ3v) is 6.90. The molecule has 4 aromatic rings. The van der Waals surface area contributed by atoms with Crippen LogP contribution in [0, 0.1) is 0 Å². The van der Waals surface area contributed by atoms with Crippen LogP contribution in [-0.4, -0.2) is 55.1 Å². The number of aromatic hydroxyl groups is 1. The number of phosphoric ester groups is 1. The monoisotopic (exact) mass is 583 g/mol. The van der Waals surface area contributed by atoms with Crippen LogP contribution < -0.4 is 15.6 Å². The van der Waals surface area contributed by atoms with Gasteiger partial charge in [-0.15, -0.1) is 0 Å². The number of imidazole rings is 1. The van der Waals surface area contributed by atoms with Gasteiger partial charge in [-0.25, -0.2) is 14.5 Å². The molecule has 0 unspecified atom stereocenters. The number of benzene rings is 2. The topological polar surface area (TPSA) is 182 Å². The van der Waals surface area contributed by atoms with Crippen LogP contribution in [0.2, 0.25) is 0 Å². The SMILES string of the molecule is C=CC(=O)NCCOCCc1ccc2c(c1)nc(N)c1nc(CCCC)n(Cc3cccc(O)c3OP(=O)(O)O)c12. The number of ether oxygens (including phenoxy) is 1. The highest BCUT2D eigenvalue weighted by atomic mass is 31.2. The van der Waals surface area contributed by atoms with Crippen molar-refractivity contribution >= 4 is 41.5 Å². The number of fused-ring (bicyclic) bond motifs is 3. The van der Waals surface area contributed by atoms with E-state index in [9.17, 15) is 24.3 Å². The lowest BCUT2D eigenvalue weighted by molar-refractivity contribution is -0.116. The van der Waals surface area contributed by atoms with E-state index in [4.69, 9.17) is 20.0 Å². The zero-order chi connectivity index (χ0) is 29.6. The molecule has 0 aliphatic carbocycles. The van der Waals surface area contributed by atoms with Gasteiger partial charge in [-0.05, 0) is 36.6 Å². The molecule has 12 nitrogen and oxygen atoms in total. The number of nitrogens with two attached hydrogens (primary N) is 1. The van der Waals surface area contributed by atoms with Gasteiger partial charge < -0.3 is 30.0 Å². The summed E-state index contributed by atoms with van der Waals surface area (Å²) in [7, 11) is -4.93. The van der Waals surface area contributed by atoms with E-state index in [0.717, 1.165) is 35.1 Å². The second kappa shape index (κ2) is 13.1. The highest BCUT2D eigenvalue weighted by Crippen LogP contribution is 2.44. The number of carbonyl (C=O) groups excluding carboxylic acids is 1. The quantitative estimate of drug-likeness (QED) is 0.0835. The van der Waals surface area contributed by atoms with E-state index < -0.39 is 7.82 Å². The van der Waals surface area contributed by atoms with Crippen LogP contribution in [0.1, 0.15) is 36.7 Å². The van der Waals surface area contributed by atoms with Crippen molar-refractivity contribution in [3.63, 3.8) is 0 Å². The molecule has 0 saturated carbocycles. The predicted molar refractivity (Wildman–Crippen MR) is 156 cm³/mol. The molecule has 1 amide bonds. The van der Waals surface area contributed by atoms with Gasteiger partial charge in [0.05, 0.1) is 30.8 Å². The lowest BCUT2D eigenvalue weighted by Crippen LogP contribution is -2.25. The van der Waals surface area contributed by atoms with Gasteiger partial charge in [0.2, 0.25) is 5.91 Å². The number of aromatic nitrogens is 3. The van der Waals surface area contributed by atoms with Crippen molar-refractivity contribution in [3.8, 4) is 11.5 Å². The number of nitrogens with zero attached hydrogens (tertiary/aromatic N) is 3. The van der Waals surface area contributed by atoms with E-state index in [0.29, 0.717) is 49.2 Å². The number of nitrogen functional groups attached to an aromatic ring is 1. The number of unbranched alkanes of at least 4 members (excludes halogenated alkanes) is 1. The summed E-state index contributed by atoms with van der Waals surface area (Å²) in [5.41, 5.74) is 9.66. The molecule has 6 N–H and O–H groups in total. The van der Waals surface area contributed by atoms with Crippen LogP contribution in [-0.2, 0) is 33.5 Å². The number of carbonyl (C=O) groups is 1. The molecular formula is C28H34N5O7P. The molecule has 0 bridgehead atoms. The molecule has 0 spiro atoms. The number of phenols is 1. The molecule has 0 aliphatic rings. The maximum atomic E-state index is 11.6. The summed E-state index contributed by atoms with van der Waals surface area (Å²) in [4.78, 5) is 39.5. The highest BCUT2D eigenvalue weighted by molar-refractivity contribution is 7.46. The Balaban J connectivity index is 1.69. The third-order valence-electron chi connectivity index (χ3n) is 6.48. The first-order valence-electron chi connectivity index (χ1n) is 13.2. The third kappa shape index (κ3) is 7.42. The van der Waals surface area contributed by atoms with Crippen LogP contribution >= 0.6 is 7.82 Å². The number of rotatable bonds is 14. The second-order valence-electron chi connectivity index (χ2n) is 9.47. The van der Waals surface area contributed by atoms with Gasteiger partial charge in [-0.2, -0.15) is 0 Å². The summed E-state index contributed by atoms with van der Waals surface area (Å²) in [6.07, 6.45) is 4.27. The molecule has 4 rings (SSSR count). The minimum Gasteiger partial charge on any atom is -0.504 e. The molecular weight excluding hydrogens is 549 g/mol. The average Bonchev–Trinajstić information content (AvgIpc) is 3.29. The van der Waals surface area contributed by atoms with Gasteiger partial charge in [-0.1, -0.05) is 44.2 Å². The molecule has 2 aromatic carbocycles. The minimum absolute atomic E-state index is 0.121. The van der Waals surface area contributed by atoms with Gasteiger partial charge >= 0.3 is 7.82 Å². The Morgan fingerprint density at radius 1 is 1.20 bits per heavy atom. The van der Waals surface area contributed by atoms with Crippen LogP contribution in [0.15, 0.2) is 49.1 Å². The average molecular weight is 584 g/mol. The summed E-state index contributed by atoms with van der Waals surface area (Å²) >= 11 is 0. The summed E-state index contributed by atoms with van der Waals surface area (Å²) in [5, 5.41) is 13.8. The fraction of sp³-hybridized carbons (Fsp3) is 0.321. The summed E-state index contributed by atoms with van der Waals surface area (Å²) in [6.45, 7) is 6.82. The number of amides is 1. The van der Waals surface area contributed by atoms with E-state index in [2.05, 4.69) is 23.8 Å². The minimum atomic E-state index is -4.93. The van der Waals surface area contributed by atoms with E-state index in [1.54, 1.807) is 12.1 Å². The molecule has 2 aromatic heterocycles. The molecule has 218 valence electrons. The van der Waals surface area contributed by atoms with Crippen molar-refractivity contribution in [2.75, 3.05) is 25.5 Å². The molecule has 13 heteroatoms. The maximum Gasteiger partial charge on any atom is 0.524 e. The number of anilines is 1. The van der Waals surface area contributed by atoms with Crippen molar-refractivity contribution in [2.24, 2.45) is 0 Å². The van der Waals surface area contributed by atoms with Gasteiger partial charge in [0.15, 0.2) is 17.3 Å². The number of hydrogen-bond donors (Lipinski definition) is 5. The Bertz CT molecular complexity index is 1610. The highest BCUT2D eigenvalue weighted by Gasteiger charge is 2.24. The Labute approximate surface area is 237 Å². The first-order chi connectivity index (χ1) is 19.6. The normalized spacial score (nSPS) is 11.7. The van der Waals surface area contributed by atoms with Crippen molar-refractivity contribution < 1.29 is 33.5 Å². The Kier molecular flexibility index (Phi) is 9.61. The summed E-state index contributed by atoms with van der Waals surface area (Å²) in [6, 6.07) is 10.4. The zero-order valence-electron chi connectivity index (χ0n) is 22.7. The van der Waals surface area contributed by atoms with Crippen LogP contribution in [0.4, 0.5) is 5.82 Å². The standard InChI is InChI=1S/C28H34N5O7P/c1-3-5-9-23-32-25-26(33(23)17-19-7-6-8-22(34)27(19)40-41(36,37)38)20-11-10-18(16-21(20)31-28(25)29)12-14-39-15-13-30-24(35)4-2/h4,6-8,10-11,16,34H,2-3,5,9,12-15,17H2,1H3,(H2,29,31)(H,30,35)(H2,36,37,38). The lowest BCUT2D eigenvalue weighted by Gasteiger charge is -2.16. The van der Waals surface area contributed by atoms with E-state index in [1.807, 2.05) is 22.8 Å². The van der Waals surface area contributed by atoms with E-state index in [-0.39, 0.29) is 29.8 Å². The van der Waals surface area contributed by atoms with Crippen molar-refractivity contribution in [1.29, 1.82) is 0 Å². The largest absolute Gasteiger partial charge is 0.524 e. The van der Waals surface area contributed by atoms with Gasteiger partial charge in [0, 0.05) is 23.9 Å². The Morgan fingerprint density at radius 2 is 2.00 bits per heavy atom. The van der Waals surface area contributed by atoms with Crippen LogP contribution in [0.25, 0.3) is 21.9 Å². The van der Waals surface area contributed by atoms with E-state index in [1.165, 1.54) is 12.1 Å². The summed E-state index contributed by atoms with van der Waals surface area (Å²) < 4.78 is 24.1. The van der Waals surface area contributed by atoms with Crippen molar-refractivity contribution in [1.82, 2.24) is 19.9 Å². The first-order valence-corrected chi connectivity index (χ1v) is 14.8. The molecule has 0 radical (unpaired) electrons. The molecule has 0 saturated heterocycles. The fourth-order valence-corrected chi connectivity index (χ4v) is 5.00. The fourth-order valence-electron chi connectivity index (χ4n) is 4.56. The van der Waals surface area contributed by atoms with Gasteiger partial charge in [-0.3, -0.25) is 14.6 Å². The second-order valence-corrected chi connectivity index (χ2v) is 10.6. The molecule has 0 fully saturated rings. The summed E-state index contributed by atoms with van der Waals surface area (Å²) in [5.74, 6) is 0.0743. The number of hydrogen-bond acceptors (Lipinski definition) is 8. The molecule has 41 heavy (non-hydrogen) atoms. The maximum absolute atomic E-state index is 11.6. The Morgan fingerprint density at radius 3 is 2.73 bits per heavy atom. The number of phenolic OH excluding ortho intramolecular Hbond substituents is 1. The lowest BCUT2D eigenvalue weighted by atomic mass is 10.1. The first kappa shape index (κ1) is 30.0. The number of aryl methyl sites for hydroxylation is 1. The van der Waals surface area contributed by atoms with Crippen molar-refractivity contribution in [2.45, 2.75) is 39.2 Å².